The van der Waals surface area contributed by atoms with Crippen molar-refractivity contribution in [1.82, 2.24) is 0 Å². The van der Waals surface area contributed by atoms with Crippen molar-refractivity contribution in [1.29, 1.82) is 0 Å². The molecule has 0 unspecified atom stereocenters. The van der Waals surface area contributed by atoms with E-state index >= 15 is 0 Å². The number of halogens is 2. The molecule has 0 atom stereocenters. The summed E-state index contributed by atoms with van der Waals surface area (Å²) in [4.78, 5) is 22.2. The molecular weight excluding hydrogens is 301 g/mol. The van der Waals surface area contributed by atoms with Gasteiger partial charge in [-0.3, -0.25) is 14.9 Å². The number of nitrogens with zero attached hydrogens (tertiary/aromatic N) is 1. The van der Waals surface area contributed by atoms with E-state index in [4.69, 9.17) is 17.3 Å². The highest BCUT2D eigenvalue weighted by molar-refractivity contribution is 6.31. The highest BCUT2D eigenvalue weighted by Gasteiger charge is 2.19. The maximum Gasteiger partial charge on any atom is 0.294 e. The van der Waals surface area contributed by atoms with E-state index in [1.165, 1.54) is 24.3 Å². The summed E-state index contributed by atoms with van der Waals surface area (Å²) < 4.78 is 13.6. The minimum absolute atomic E-state index is 0.0781. The molecule has 2 aromatic rings. The van der Waals surface area contributed by atoms with Gasteiger partial charge >= 0.3 is 0 Å². The van der Waals surface area contributed by atoms with Crippen molar-refractivity contribution in [3.8, 4) is 0 Å². The van der Waals surface area contributed by atoms with Crippen LogP contribution in [0, 0.1) is 15.9 Å². The van der Waals surface area contributed by atoms with Gasteiger partial charge in [-0.05, 0) is 30.3 Å². The van der Waals surface area contributed by atoms with Crippen LogP contribution in [0.15, 0.2) is 36.4 Å². The maximum absolute atomic E-state index is 13.6. The average molecular weight is 310 g/mol. The highest BCUT2D eigenvalue weighted by Crippen LogP contribution is 2.28. The summed E-state index contributed by atoms with van der Waals surface area (Å²) in [5.41, 5.74) is 4.82. The molecule has 0 aliphatic heterocycles. The van der Waals surface area contributed by atoms with E-state index in [1.807, 2.05) is 0 Å². The van der Waals surface area contributed by atoms with Crippen molar-refractivity contribution >= 4 is 34.6 Å². The van der Waals surface area contributed by atoms with Gasteiger partial charge in [0, 0.05) is 16.8 Å². The molecule has 0 bridgehead atoms. The summed E-state index contributed by atoms with van der Waals surface area (Å²) in [6.45, 7) is 0. The minimum atomic E-state index is -0.821. The number of nitrogen functional groups attached to an aromatic ring is 1. The monoisotopic (exact) mass is 309 g/mol. The number of rotatable bonds is 3. The summed E-state index contributed by atoms with van der Waals surface area (Å²) in [5.74, 6) is -1.64. The second-order valence-electron chi connectivity index (χ2n) is 4.11. The SMILES string of the molecule is Nc1ccc(C(=O)Nc2ccc(Cl)cc2[N+](=O)[O-])c(F)c1. The van der Waals surface area contributed by atoms with Crippen LogP contribution >= 0.6 is 11.6 Å². The van der Waals surface area contributed by atoms with Crippen molar-refractivity contribution in [2.75, 3.05) is 11.1 Å². The Labute approximate surface area is 123 Å². The van der Waals surface area contributed by atoms with Gasteiger partial charge in [0.25, 0.3) is 11.6 Å². The number of anilines is 2. The van der Waals surface area contributed by atoms with Crippen LogP contribution in [0.1, 0.15) is 10.4 Å². The molecule has 3 N–H and O–H groups in total. The Morgan fingerprint density at radius 2 is 2.00 bits per heavy atom. The lowest BCUT2D eigenvalue weighted by Crippen LogP contribution is -2.15. The van der Waals surface area contributed by atoms with Gasteiger partial charge in [0.15, 0.2) is 0 Å². The van der Waals surface area contributed by atoms with Crippen LogP contribution in [0.5, 0.6) is 0 Å². The summed E-state index contributed by atoms with van der Waals surface area (Å²) in [6.07, 6.45) is 0. The number of carbonyl (C=O) groups excluding carboxylic acids is 1. The van der Waals surface area contributed by atoms with Crippen molar-refractivity contribution in [3.63, 3.8) is 0 Å². The number of hydrogen-bond donors (Lipinski definition) is 2. The first-order chi connectivity index (χ1) is 9.88. The Bertz CT molecular complexity index is 737. The molecule has 0 aliphatic rings. The van der Waals surface area contributed by atoms with Gasteiger partial charge in [0.2, 0.25) is 0 Å². The largest absolute Gasteiger partial charge is 0.399 e. The van der Waals surface area contributed by atoms with Crippen molar-refractivity contribution in [2.24, 2.45) is 0 Å². The Kier molecular flexibility index (Phi) is 4.04. The molecule has 0 aliphatic carbocycles. The average Bonchev–Trinajstić information content (AvgIpc) is 2.40. The molecule has 108 valence electrons. The fraction of sp³-hybridized carbons (Fsp3) is 0. The Balaban J connectivity index is 2.34. The van der Waals surface area contributed by atoms with Crippen molar-refractivity contribution in [2.45, 2.75) is 0 Å². The predicted molar refractivity (Wildman–Crippen MR) is 76.9 cm³/mol. The van der Waals surface area contributed by atoms with Crippen molar-refractivity contribution < 1.29 is 14.1 Å². The highest BCUT2D eigenvalue weighted by atomic mass is 35.5. The van der Waals surface area contributed by atoms with E-state index in [9.17, 15) is 19.3 Å². The number of carbonyl (C=O) groups is 1. The Hall–Kier alpha value is -2.67. The van der Waals surface area contributed by atoms with E-state index in [1.54, 1.807) is 0 Å². The van der Waals surface area contributed by atoms with Gasteiger partial charge in [-0.25, -0.2) is 4.39 Å². The van der Waals surface area contributed by atoms with Gasteiger partial charge < -0.3 is 11.1 Å². The smallest absolute Gasteiger partial charge is 0.294 e. The zero-order valence-electron chi connectivity index (χ0n) is 10.5. The number of nitrogens with two attached hydrogens (primary N) is 1. The van der Waals surface area contributed by atoms with E-state index in [0.29, 0.717) is 0 Å². The molecule has 21 heavy (non-hydrogen) atoms. The predicted octanol–water partition coefficient (Wildman–Crippen LogP) is 3.22. The number of nitro groups is 1. The lowest BCUT2D eigenvalue weighted by atomic mass is 10.1. The lowest BCUT2D eigenvalue weighted by molar-refractivity contribution is -0.383. The molecule has 2 rings (SSSR count). The molecule has 0 fully saturated rings. The molecule has 0 spiro atoms. The second kappa shape index (κ2) is 5.76. The molecule has 2 aromatic carbocycles. The lowest BCUT2D eigenvalue weighted by Gasteiger charge is -2.07. The number of amides is 1. The maximum atomic E-state index is 13.6. The first kappa shape index (κ1) is 14.7. The van der Waals surface area contributed by atoms with Gasteiger partial charge in [-0.2, -0.15) is 0 Å². The number of nitro benzene ring substituents is 1. The summed E-state index contributed by atoms with van der Waals surface area (Å²) in [5, 5.41) is 13.3. The van der Waals surface area contributed by atoms with E-state index in [-0.39, 0.29) is 27.6 Å². The summed E-state index contributed by atoms with van der Waals surface area (Å²) in [6, 6.07) is 7.29. The number of hydrogen-bond acceptors (Lipinski definition) is 4. The molecule has 0 saturated heterocycles. The van der Waals surface area contributed by atoms with E-state index in [2.05, 4.69) is 5.32 Å². The zero-order chi connectivity index (χ0) is 15.6. The number of benzene rings is 2. The molecule has 0 heterocycles. The molecule has 8 heteroatoms. The summed E-state index contributed by atoms with van der Waals surface area (Å²) >= 11 is 5.67. The summed E-state index contributed by atoms with van der Waals surface area (Å²) in [7, 11) is 0. The molecule has 0 radical (unpaired) electrons. The third-order valence-corrected chi connectivity index (χ3v) is 2.88. The third kappa shape index (κ3) is 3.26. The fourth-order valence-electron chi connectivity index (χ4n) is 1.67. The topological polar surface area (TPSA) is 98.3 Å². The van der Waals surface area contributed by atoms with E-state index in [0.717, 1.165) is 12.1 Å². The Morgan fingerprint density at radius 1 is 1.29 bits per heavy atom. The van der Waals surface area contributed by atoms with Crippen molar-refractivity contribution in [3.05, 3.63) is 62.9 Å². The van der Waals surface area contributed by atoms with Crippen LogP contribution in [0.25, 0.3) is 0 Å². The fourth-order valence-corrected chi connectivity index (χ4v) is 1.83. The van der Waals surface area contributed by atoms with Crippen LogP contribution in [0.2, 0.25) is 5.02 Å². The zero-order valence-corrected chi connectivity index (χ0v) is 11.2. The van der Waals surface area contributed by atoms with Crippen LogP contribution in [-0.2, 0) is 0 Å². The number of nitrogens with one attached hydrogen (secondary N) is 1. The van der Waals surface area contributed by atoms with Crippen LogP contribution < -0.4 is 11.1 Å². The molecule has 6 nitrogen and oxygen atoms in total. The molecule has 1 amide bonds. The molecule has 0 saturated carbocycles. The first-order valence-corrected chi connectivity index (χ1v) is 6.06. The van der Waals surface area contributed by atoms with Gasteiger partial charge in [-0.15, -0.1) is 0 Å². The minimum Gasteiger partial charge on any atom is -0.399 e. The quantitative estimate of drug-likeness (QED) is 0.516. The Morgan fingerprint density at radius 3 is 2.62 bits per heavy atom. The van der Waals surface area contributed by atoms with Crippen LogP contribution in [0.4, 0.5) is 21.5 Å². The van der Waals surface area contributed by atoms with Gasteiger partial charge in [-0.1, -0.05) is 11.6 Å². The standard InChI is InChI=1S/C13H9ClFN3O3/c14-7-1-4-11(12(5-7)18(20)21)17-13(19)9-3-2-8(16)6-10(9)15/h1-6H,16H2,(H,17,19). The van der Waals surface area contributed by atoms with Gasteiger partial charge in [0.1, 0.15) is 11.5 Å². The first-order valence-electron chi connectivity index (χ1n) is 5.69. The third-order valence-electron chi connectivity index (χ3n) is 2.64. The van der Waals surface area contributed by atoms with E-state index < -0.39 is 16.6 Å². The van der Waals surface area contributed by atoms with Gasteiger partial charge in [0.05, 0.1) is 10.5 Å². The van der Waals surface area contributed by atoms with Crippen LogP contribution in [0.3, 0.4) is 0 Å². The molecular formula is C13H9ClFN3O3. The van der Waals surface area contributed by atoms with Crippen LogP contribution in [-0.4, -0.2) is 10.8 Å². The second-order valence-corrected chi connectivity index (χ2v) is 4.55. The normalized spacial score (nSPS) is 10.2. The molecule has 0 aromatic heterocycles.